The molecule has 5 nitrogen and oxygen atoms in total. The molecule has 17 heavy (non-hydrogen) atoms. The standard InChI is InChI=1S/C11H19N3O2S/c1-16-8-6-12-4-5-13-10(15)2-3-11-14-7-9-17-11/h7,9,12H,2-6,8H2,1H3,(H,13,15). The lowest BCUT2D eigenvalue weighted by Gasteiger charge is -2.05. The van der Waals surface area contributed by atoms with E-state index in [9.17, 15) is 4.79 Å². The monoisotopic (exact) mass is 257 g/mol. The number of aryl methyl sites for hydroxylation is 1. The van der Waals surface area contributed by atoms with Crippen LogP contribution < -0.4 is 10.6 Å². The van der Waals surface area contributed by atoms with Gasteiger partial charge < -0.3 is 15.4 Å². The fraction of sp³-hybridized carbons (Fsp3) is 0.636. The van der Waals surface area contributed by atoms with Gasteiger partial charge in [0.2, 0.25) is 5.91 Å². The highest BCUT2D eigenvalue weighted by Gasteiger charge is 2.02. The van der Waals surface area contributed by atoms with Gasteiger partial charge in [-0.15, -0.1) is 11.3 Å². The minimum absolute atomic E-state index is 0.0775. The van der Waals surface area contributed by atoms with E-state index in [2.05, 4.69) is 15.6 Å². The summed E-state index contributed by atoms with van der Waals surface area (Å²) < 4.78 is 4.89. The van der Waals surface area contributed by atoms with Gasteiger partial charge in [0.1, 0.15) is 0 Å². The second kappa shape index (κ2) is 9.09. The molecule has 96 valence electrons. The molecular formula is C11H19N3O2S. The average Bonchev–Trinajstić information content (AvgIpc) is 2.84. The molecule has 0 bridgehead atoms. The van der Waals surface area contributed by atoms with E-state index >= 15 is 0 Å². The van der Waals surface area contributed by atoms with Crippen molar-refractivity contribution >= 4 is 17.2 Å². The summed E-state index contributed by atoms with van der Waals surface area (Å²) >= 11 is 1.58. The number of carbonyl (C=O) groups is 1. The summed E-state index contributed by atoms with van der Waals surface area (Å²) in [5.41, 5.74) is 0. The molecule has 1 amide bonds. The van der Waals surface area contributed by atoms with Crippen molar-refractivity contribution in [2.75, 3.05) is 33.4 Å². The number of aromatic nitrogens is 1. The molecule has 0 fully saturated rings. The molecule has 0 atom stereocenters. The van der Waals surface area contributed by atoms with Gasteiger partial charge in [-0.25, -0.2) is 4.98 Å². The molecule has 0 unspecified atom stereocenters. The van der Waals surface area contributed by atoms with Crippen molar-refractivity contribution in [3.05, 3.63) is 16.6 Å². The molecule has 0 radical (unpaired) electrons. The Kier molecular flexibility index (Phi) is 7.53. The summed E-state index contributed by atoms with van der Waals surface area (Å²) in [6.07, 6.45) is 2.99. The van der Waals surface area contributed by atoms with Crippen LogP contribution in [0.5, 0.6) is 0 Å². The quantitative estimate of drug-likeness (QED) is 0.630. The summed E-state index contributed by atoms with van der Waals surface area (Å²) in [5.74, 6) is 0.0775. The van der Waals surface area contributed by atoms with Gasteiger partial charge in [-0.2, -0.15) is 0 Å². The molecule has 0 saturated carbocycles. The van der Waals surface area contributed by atoms with Crippen LogP contribution in [0.2, 0.25) is 0 Å². The Bertz CT molecular complexity index is 304. The smallest absolute Gasteiger partial charge is 0.220 e. The fourth-order valence-corrected chi connectivity index (χ4v) is 1.90. The van der Waals surface area contributed by atoms with Crippen LogP contribution in [0.25, 0.3) is 0 Å². The third-order valence-corrected chi connectivity index (χ3v) is 3.00. The van der Waals surface area contributed by atoms with Crippen molar-refractivity contribution in [2.45, 2.75) is 12.8 Å². The fourth-order valence-electron chi connectivity index (χ4n) is 1.27. The first kappa shape index (κ1) is 14.1. The summed E-state index contributed by atoms with van der Waals surface area (Å²) in [5, 5.41) is 8.95. The Balaban J connectivity index is 1.94. The van der Waals surface area contributed by atoms with E-state index < -0.39 is 0 Å². The Morgan fingerprint density at radius 3 is 3.06 bits per heavy atom. The van der Waals surface area contributed by atoms with Crippen LogP contribution in [0.1, 0.15) is 11.4 Å². The molecule has 2 N–H and O–H groups in total. The lowest BCUT2D eigenvalue weighted by molar-refractivity contribution is -0.121. The van der Waals surface area contributed by atoms with E-state index in [-0.39, 0.29) is 5.91 Å². The topological polar surface area (TPSA) is 63.2 Å². The van der Waals surface area contributed by atoms with Gasteiger partial charge in [0.15, 0.2) is 0 Å². The predicted molar refractivity (Wildman–Crippen MR) is 68.2 cm³/mol. The number of thiazole rings is 1. The van der Waals surface area contributed by atoms with Crippen LogP contribution in [0, 0.1) is 0 Å². The molecule has 1 aromatic heterocycles. The molecule has 0 aliphatic carbocycles. The van der Waals surface area contributed by atoms with Crippen molar-refractivity contribution in [1.82, 2.24) is 15.6 Å². The van der Waals surface area contributed by atoms with Crippen molar-refractivity contribution < 1.29 is 9.53 Å². The molecular weight excluding hydrogens is 238 g/mol. The van der Waals surface area contributed by atoms with Crippen LogP contribution in [-0.4, -0.2) is 44.2 Å². The molecule has 0 saturated heterocycles. The Morgan fingerprint density at radius 1 is 1.47 bits per heavy atom. The van der Waals surface area contributed by atoms with Crippen LogP contribution in [0.4, 0.5) is 0 Å². The second-order valence-corrected chi connectivity index (χ2v) is 4.50. The first-order chi connectivity index (χ1) is 8.33. The maximum Gasteiger partial charge on any atom is 0.220 e. The number of ether oxygens (including phenoxy) is 1. The van der Waals surface area contributed by atoms with Crippen molar-refractivity contribution in [2.24, 2.45) is 0 Å². The van der Waals surface area contributed by atoms with E-state index in [1.54, 1.807) is 24.6 Å². The van der Waals surface area contributed by atoms with Crippen molar-refractivity contribution in [3.63, 3.8) is 0 Å². The van der Waals surface area contributed by atoms with E-state index in [0.29, 0.717) is 19.6 Å². The highest BCUT2D eigenvalue weighted by Crippen LogP contribution is 2.06. The first-order valence-corrected chi connectivity index (χ1v) is 6.55. The minimum Gasteiger partial charge on any atom is -0.383 e. The van der Waals surface area contributed by atoms with Gasteiger partial charge in [-0.1, -0.05) is 0 Å². The number of rotatable bonds is 9. The van der Waals surface area contributed by atoms with Gasteiger partial charge in [0.25, 0.3) is 0 Å². The highest BCUT2D eigenvalue weighted by molar-refractivity contribution is 7.09. The zero-order valence-corrected chi connectivity index (χ0v) is 10.9. The average molecular weight is 257 g/mol. The molecule has 0 spiro atoms. The Hall–Kier alpha value is -0.980. The third kappa shape index (κ3) is 7.04. The molecule has 0 aliphatic rings. The van der Waals surface area contributed by atoms with Crippen LogP contribution in [0.3, 0.4) is 0 Å². The van der Waals surface area contributed by atoms with Crippen molar-refractivity contribution in [1.29, 1.82) is 0 Å². The van der Waals surface area contributed by atoms with Gasteiger partial charge >= 0.3 is 0 Å². The number of nitrogens with one attached hydrogen (secondary N) is 2. The zero-order chi connectivity index (χ0) is 12.3. The van der Waals surface area contributed by atoms with Gasteiger partial charge in [0.05, 0.1) is 11.6 Å². The van der Waals surface area contributed by atoms with Gasteiger partial charge in [-0.05, 0) is 0 Å². The van der Waals surface area contributed by atoms with Gasteiger partial charge in [0, 0.05) is 51.2 Å². The predicted octanol–water partition coefficient (Wildman–Crippen LogP) is 0.428. The third-order valence-electron chi connectivity index (χ3n) is 2.16. The number of amides is 1. The maximum absolute atomic E-state index is 11.4. The highest BCUT2D eigenvalue weighted by atomic mass is 32.1. The normalized spacial score (nSPS) is 10.4. The summed E-state index contributed by atoms with van der Waals surface area (Å²) in [6.45, 7) is 2.93. The Labute approximate surface area is 106 Å². The van der Waals surface area contributed by atoms with E-state index in [1.807, 2.05) is 5.38 Å². The van der Waals surface area contributed by atoms with Crippen LogP contribution in [0.15, 0.2) is 11.6 Å². The molecule has 1 heterocycles. The molecule has 1 aromatic rings. The van der Waals surface area contributed by atoms with Crippen LogP contribution >= 0.6 is 11.3 Å². The second-order valence-electron chi connectivity index (χ2n) is 3.52. The van der Waals surface area contributed by atoms with Crippen molar-refractivity contribution in [3.8, 4) is 0 Å². The summed E-state index contributed by atoms with van der Waals surface area (Å²) in [4.78, 5) is 15.6. The summed E-state index contributed by atoms with van der Waals surface area (Å²) in [6, 6.07) is 0. The Morgan fingerprint density at radius 2 is 2.35 bits per heavy atom. The molecule has 1 rings (SSSR count). The zero-order valence-electron chi connectivity index (χ0n) is 10.1. The molecule has 0 aromatic carbocycles. The largest absolute Gasteiger partial charge is 0.383 e. The SMILES string of the molecule is COCCNCCNC(=O)CCc1nccs1. The number of hydrogen-bond donors (Lipinski definition) is 2. The summed E-state index contributed by atoms with van der Waals surface area (Å²) in [7, 11) is 1.67. The molecule has 6 heteroatoms. The number of hydrogen-bond acceptors (Lipinski definition) is 5. The first-order valence-electron chi connectivity index (χ1n) is 5.67. The lowest BCUT2D eigenvalue weighted by atomic mass is 10.3. The molecule has 0 aliphatic heterocycles. The number of nitrogens with zero attached hydrogens (tertiary/aromatic N) is 1. The van der Waals surface area contributed by atoms with E-state index in [4.69, 9.17) is 4.74 Å². The minimum atomic E-state index is 0.0775. The lowest BCUT2D eigenvalue weighted by Crippen LogP contribution is -2.33. The number of methoxy groups -OCH3 is 1. The maximum atomic E-state index is 11.4. The van der Waals surface area contributed by atoms with E-state index in [1.165, 1.54) is 0 Å². The van der Waals surface area contributed by atoms with Gasteiger partial charge in [-0.3, -0.25) is 4.79 Å². The van der Waals surface area contributed by atoms with Crippen LogP contribution in [-0.2, 0) is 16.0 Å². The van der Waals surface area contributed by atoms with E-state index in [0.717, 1.165) is 24.5 Å². The number of carbonyl (C=O) groups excluding carboxylic acids is 1.